The molecule has 2 atom stereocenters. The van der Waals surface area contributed by atoms with E-state index in [1.54, 1.807) is 0 Å². The molecular weight excluding hydrogens is 290 g/mol. The van der Waals surface area contributed by atoms with E-state index in [1.807, 2.05) is 6.26 Å². The number of hydrogen-bond donors (Lipinski definition) is 5. The predicted molar refractivity (Wildman–Crippen MR) is 77.4 cm³/mol. The fourth-order valence-corrected chi connectivity index (χ4v) is 1.79. The lowest BCUT2D eigenvalue weighted by Gasteiger charge is -2.19. The monoisotopic (exact) mass is 309 g/mol. The maximum absolute atomic E-state index is 11.7. The molecule has 0 aromatic carbocycles. The summed E-state index contributed by atoms with van der Waals surface area (Å²) in [6, 6.07) is -1.59. The zero-order chi connectivity index (χ0) is 14.8. The Hall–Kier alpha value is -0.930. The summed E-state index contributed by atoms with van der Waals surface area (Å²) >= 11 is 5.42. The number of rotatable bonds is 9. The van der Waals surface area contributed by atoms with Gasteiger partial charge in [0.05, 0.1) is 6.04 Å². The summed E-state index contributed by atoms with van der Waals surface area (Å²) in [5, 5.41) is 13.2. The second-order valence-corrected chi connectivity index (χ2v) is 5.09. The first-order valence-electron chi connectivity index (χ1n) is 5.57. The van der Waals surface area contributed by atoms with Gasteiger partial charge in [-0.1, -0.05) is 0 Å². The highest BCUT2D eigenvalue weighted by Gasteiger charge is 2.23. The first-order chi connectivity index (χ1) is 8.92. The number of hydrogen-bond acceptors (Lipinski definition) is 6. The number of amides is 2. The first kappa shape index (κ1) is 18.1. The predicted octanol–water partition coefficient (Wildman–Crippen LogP) is -1.32. The van der Waals surface area contributed by atoms with Gasteiger partial charge in [0.2, 0.25) is 11.8 Å². The van der Waals surface area contributed by atoms with Gasteiger partial charge in [0.15, 0.2) is 0 Å². The Labute approximate surface area is 121 Å². The molecule has 0 spiro atoms. The molecule has 0 aliphatic heterocycles. The quantitative estimate of drug-likeness (QED) is 0.337. The summed E-state index contributed by atoms with van der Waals surface area (Å²) in [5.41, 5.74) is 5.50. The van der Waals surface area contributed by atoms with Gasteiger partial charge in [-0.2, -0.15) is 24.4 Å². The Balaban J connectivity index is 4.47. The minimum absolute atomic E-state index is 0.165. The van der Waals surface area contributed by atoms with Crippen molar-refractivity contribution in [1.82, 2.24) is 10.6 Å². The number of aliphatic carboxylic acids is 1. The lowest BCUT2D eigenvalue weighted by Crippen LogP contribution is -2.52. The molecule has 0 bridgehead atoms. The molecule has 0 radical (unpaired) electrons. The van der Waals surface area contributed by atoms with Crippen LogP contribution in [-0.4, -0.2) is 59.3 Å². The minimum atomic E-state index is -1.14. The lowest BCUT2D eigenvalue weighted by molar-refractivity contribution is -0.138. The molecule has 2 amide bonds. The molecule has 19 heavy (non-hydrogen) atoms. The molecule has 5 N–H and O–H groups in total. The van der Waals surface area contributed by atoms with E-state index in [0.717, 1.165) is 0 Å². The van der Waals surface area contributed by atoms with Gasteiger partial charge in [0.25, 0.3) is 0 Å². The molecule has 0 rings (SSSR count). The molecule has 0 heterocycles. The van der Waals surface area contributed by atoms with Gasteiger partial charge in [-0.25, -0.2) is 0 Å². The van der Waals surface area contributed by atoms with E-state index >= 15 is 0 Å². The number of carboxylic acid groups (broad SMARTS) is 1. The summed E-state index contributed by atoms with van der Waals surface area (Å²) in [5.74, 6) is -1.34. The molecule has 9 heteroatoms. The van der Waals surface area contributed by atoms with Gasteiger partial charge < -0.3 is 21.5 Å². The molecule has 0 aromatic heterocycles. The third-order valence-corrected chi connectivity index (χ3v) is 3.23. The van der Waals surface area contributed by atoms with Crippen molar-refractivity contribution in [3.63, 3.8) is 0 Å². The van der Waals surface area contributed by atoms with Gasteiger partial charge in [0, 0.05) is 5.75 Å². The molecule has 0 saturated heterocycles. The fourth-order valence-electron chi connectivity index (χ4n) is 1.15. The average Bonchev–Trinajstić information content (AvgIpc) is 2.39. The molecular formula is C10H19N3O4S2. The lowest BCUT2D eigenvalue weighted by atomic mass is 10.2. The van der Waals surface area contributed by atoms with Gasteiger partial charge in [-0.15, -0.1) is 0 Å². The largest absolute Gasteiger partial charge is 0.480 e. The van der Waals surface area contributed by atoms with E-state index in [1.165, 1.54) is 11.8 Å². The highest BCUT2D eigenvalue weighted by atomic mass is 32.2. The van der Waals surface area contributed by atoms with Crippen LogP contribution in [0, 0.1) is 0 Å². The summed E-state index contributed by atoms with van der Waals surface area (Å²) < 4.78 is 0. The number of thioether (sulfide) groups is 1. The van der Waals surface area contributed by atoms with Crippen LogP contribution in [0.15, 0.2) is 0 Å². The number of carbonyl (C=O) groups excluding carboxylic acids is 2. The maximum atomic E-state index is 11.7. The number of thiol groups is 1. The Morgan fingerprint density at radius 1 is 1.37 bits per heavy atom. The van der Waals surface area contributed by atoms with Crippen LogP contribution < -0.4 is 16.4 Å². The molecule has 0 aliphatic carbocycles. The van der Waals surface area contributed by atoms with Crippen LogP contribution in [0.2, 0.25) is 0 Å². The molecule has 7 nitrogen and oxygen atoms in total. The van der Waals surface area contributed by atoms with Gasteiger partial charge in [-0.3, -0.25) is 14.4 Å². The number of nitrogens with two attached hydrogens (primary N) is 1. The molecule has 0 fully saturated rings. The van der Waals surface area contributed by atoms with E-state index < -0.39 is 36.4 Å². The zero-order valence-electron chi connectivity index (χ0n) is 10.6. The van der Waals surface area contributed by atoms with Crippen LogP contribution >= 0.6 is 24.4 Å². The maximum Gasteiger partial charge on any atom is 0.322 e. The van der Waals surface area contributed by atoms with Crippen LogP contribution in [0.3, 0.4) is 0 Å². The van der Waals surface area contributed by atoms with Gasteiger partial charge >= 0.3 is 5.97 Å². The summed E-state index contributed by atoms with van der Waals surface area (Å²) in [4.78, 5) is 33.7. The third kappa shape index (κ3) is 7.96. The first-order valence-corrected chi connectivity index (χ1v) is 7.60. The highest BCUT2D eigenvalue weighted by molar-refractivity contribution is 7.98. The van der Waals surface area contributed by atoms with Crippen molar-refractivity contribution in [2.75, 3.05) is 24.3 Å². The van der Waals surface area contributed by atoms with Crippen molar-refractivity contribution in [2.24, 2.45) is 5.73 Å². The van der Waals surface area contributed by atoms with Crippen LogP contribution in [0.5, 0.6) is 0 Å². The second kappa shape index (κ2) is 9.93. The molecule has 0 saturated carbocycles. The highest BCUT2D eigenvalue weighted by Crippen LogP contribution is 2.01. The SMILES string of the molecule is CSCC[C@H](NC(=O)[C@@H](N)CS)C(=O)NCC(=O)O. The second-order valence-electron chi connectivity index (χ2n) is 3.74. The molecule has 0 aromatic rings. The summed E-state index contributed by atoms with van der Waals surface area (Å²) in [6.45, 7) is -0.483. The fraction of sp³-hybridized carbons (Fsp3) is 0.700. The van der Waals surface area contributed by atoms with E-state index in [2.05, 4.69) is 23.3 Å². The smallest absolute Gasteiger partial charge is 0.322 e. The van der Waals surface area contributed by atoms with Crippen molar-refractivity contribution in [3.05, 3.63) is 0 Å². The molecule has 0 aliphatic rings. The van der Waals surface area contributed by atoms with Crippen LogP contribution in [-0.2, 0) is 14.4 Å². The average molecular weight is 309 g/mol. The minimum Gasteiger partial charge on any atom is -0.480 e. The standard InChI is InChI=1S/C10H19N3O4S2/c1-19-3-2-7(10(17)12-4-8(14)15)13-9(16)6(11)5-18/h6-7,18H,2-5,11H2,1H3,(H,12,17)(H,13,16)(H,14,15)/t6-,7-/m0/s1. The topological polar surface area (TPSA) is 122 Å². The van der Waals surface area contributed by atoms with Crippen molar-refractivity contribution >= 4 is 42.2 Å². The summed E-state index contributed by atoms with van der Waals surface area (Å²) in [7, 11) is 0. The zero-order valence-corrected chi connectivity index (χ0v) is 12.3. The van der Waals surface area contributed by atoms with Crippen molar-refractivity contribution in [1.29, 1.82) is 0 Å². The van der Waals surface area contributed by atoms with Crippen LogP contribution in [0.25, 0.3) is 0 Å². The Bertz CT molecular complexity index is 328. The Kier molecular flexibility index (Phi) is 9.44. The molecule has 0 unspecified atom stereocenters. The van der Waals surface area contributed by atoms with E-state index in [4.69, 9.17) is 10.8 Å². The van der Waals surface area contributed by atoms with Gasteiger partial charge in [-0.05, 0) is 18.4 Å². The van der Waals surface area contributed by atoms with Gasteiger partial charge in [0.1, 0.15) is 12.6 Å². The molecule has 110 valence electrons. The number of carbonyl (C=O) groups is 3. The van der Waals surface area contributed by atoms with Crippen molar-refractivity contribution in [3.8, 4) is 0 Å². The normalized spacial score (nSPS) is 13.4. The third-order valence-electron chi connectivity index (χ3n) is 2.19. The number of nitrogens with one attached hydrogen (secondary N) is 2. The Morgan fingerprint density at radius 3 is 2.47 bits per heavy atom. The Morgan fingerprint density at radius 2 is 2.00 bits per heavy atom. The number of carboxylic acids is 1. The van der Waals surface area contributed by atoms with Crippen LogP contribution in [0.4, 0.5) is 0 Å². The summed E-state index contributed by atoms with van der Waals surface area (Å²) in [6.07, 6.45) is 2.27. The van der Waals surface area contributed by atoms with Crippen LogP contribution in [0.1, 0.15) is 6.42 Å². The van der Waals surface area contributed by atoms with E-state index in [-0.39, 0.29) is 5.75 Å². The van der Waals surface area contributed by atoms with E-state index in [9.17, 15) is 14.4 Å². The van der Waals surface area contributed by atoms with E-state index in [0.29, 0.717) is 12.2 Å². The van der Waals surface area contributed by atoms with Crippen molar-refractivity contribution < 1.29 is 19.5 Å². The van der Waals surface area contributed by atoms with Crippen molar-refractivity contribution in [2.45, 2.75) is 18.5 Å².